The molecule has 23 heavy (non-hydrogen) atoms. The molecule has 1 aliphatic rings. The topological polar surface area (TPSA) is 65.8 Å². The van der Waals surface area contributed by atoms with Crippen molar-refractivity contribution in [2.45, 2.75) is 25.5 Å². The fourth-order valence-corrected chi connectivity index (χ4v) is 2.83. The largest absolute Gasteiger partial charge is 0.365 e. The van der Waals surface area contributed by atoms with E-state index < -0.39 is 5.72 Å². The van der Waals surface area contributed by atoms with E-state index in [1.807, 2.05) is 6.92 Å². The molecule has 1 aromatic heterocycles. The highest BCUT2D eigenvalue weighted by molar-refractivity contribution is 9.10. The number of aromatic nitrogens is 1. The first-order chi connectivity index (χ1) is 11.0. The van der Waals surface area contributed by atoms with Gasteiger partial charge < -0.3 is 5.11 Å². The smallest absolute Gasteiger partial charge is 0.276 e. The molecule has 0 saturated carbocycles. The highest BCUT2D eigenvalue weighted by Gasteiger charge is 2.45. The van der Waals surface area contributed by atoms with Crippen molar-refractivity contribution in [3.8, 4) is 0 Å². The Morgan fingerprint density at radius 1 is 1.35 bits per heavy atom. The van der Waals surface area contributed by atoms with E-state index in [2.05, 4.69) is 26.0 Å². The average molecular weight is 374 g/mol. The molecule has 0 fully saturated rings. The summed E-state index contributed by atoms with van der Waals surface area (Å²) in [6, 6.07) is 10.5. The van der Waals surface area contributed by atoms with Gasteiger partial charge in [0.2, 0.25) is 0 Å². The molecule has 0 aliphatic carbocycles. The molecule has 118 valence electrons. The zero-order valence-electron chi connectivity index (χ0n) is 12.6. The third-order valence-corrected chi connectivity index (χ3v) is 4.39. The molecule has 0 saturated heterocycles. The Labute approximate surface area is 142 Å². The average Bonchev–Trinajstić information content (AvgIpc) is 2.94. The van der Waals surface area contributed by atoms with Gasteiger partial charge in [-0.25, -0.2) is 0 Å². The Kier molecular flexibility index (Phi) is 4.28. The molecule has 2 aromatic rings. The molecular weight excluding hydrogens is 358 g/mol. The predicted molar refractivity (Wildman–Crippen MR) is 90.8 cm³/mol. The van der Waals surface area contributed by atoms with Crippen molar-refractivity contribution in [1.82, 2.24) is 9.99 Å². The van der Waals surface area contributed by atoms with Crippen LogP contribution in [-0.4, -0.2) is 26.7 Å². The normalized spacial score (nSPS) is 20.5. The van der Waals surface area contributed by atoms with Crippen molar-refractivity contribution in [3.05, 3.63) is 64.4 Å². The van der Waals surface area contributed by atoms with Crippen molar-refractivity contribution < 1.29 is 9.90 Å². The molecular formula is C17H16BrN3O2. The minimum atomic E-state index is -1.50. The maximum atomic E-state index is 12.8. The molecule has 0 spiro atoms. The standard InChI is InChI=1S/C17H16BrN3O2/c1-2-15-10-17(23,13-4-3-9-19-11-13)21(20-15)16(22)12-5-7-14(18)8-6-12/h3-9,11,23H,2,10H2,1H3/t17-/m0/s1. The zero-order chi connectivity index (χ0) is 16.4. The van der Waals surface area contributed by atoms with Gasteiger partial charge in [-0.1, -0.05) is 28.9 Å². The number of aliphatic hydroxyl groups is 1. The quantitative estimate of drug-likeness (QED) is 0.897. The summed E-state index contributed by atoms with van der Waals surface area (Å²) in [4.78, 5) is 16.9. The molecule has 0 bridgehead atoms. The first kappa shape index (κ1) is 15.8. The van der Waals surface area contributed by atoms with E-state index in [9.17, 15) is 9.90 Å². The van der Waals surface area contributed by atoms with Crippen LogP contribution in [0.5, 0.6) is 0 Å². The molecule has 5 nitrogen and oxygen atoms in total. The molecule has 2 heterocycles. The number of pyridine rings is 1. The number of halogens is 1. The van der Waals surface area contributed by atoms with Crippen LogP contribution in [0.2, 0.25) is 0 Å². The lowest BCUT2D eigenvalue weighted by Crippen LogP contribution is -2.43. The molecule has 1 aromatic carbocycles. The zero-order valence-corrected chi connectivity index (χ0v) is 14.2. The van der Waals surface area contributed by atoms with Crippen LogP contribution in [0.4, 0.5) is 0 Å². The molecule has 1 amide bonds. The Morgan fingerprint density at radius 3 is 2.70 bits per heavy atom. The second kappa shape index (κ2) is 6.22. The van der Waals surface area contributed by atoms with Crippen molar-refractivity contribution in [3.63, 3.8) is 0 Å². The molecule has 6 heteroatoms. The van der Waals surface area contributed by atoms with E-state index in [4.69, 9.17) is 0 Å². The van der Waals surface area contributed by atoms with Crippen LogP contribution in [0.1, 0.15) is 35.7 Å². The summed E-state index contributed by atoms with van der Waals surface area (Å²) in [7, 11) is 0. The predicted octanol–water partition coefficient (Wildman–Crippen LogP) is 3.30. The van der Waals surface area contributed by atoms with Crippen molar-refractivity contribution >= 4 is 27.5 Å². The van der Waals surface area contributed by atoms with Crippen molar-refractivity contribution in [2.75, 3.05) is 0 Å². The van der Waals surface area contributed by atoms with Crippen LogP contribution in [0.15, 0.2) is 58.4 Å². The van der Waals surface area contributed by atoms with Crippen LogP contribution in [-0.2, 0) is 5.72 Å². The fraction of sp³-hybridized carbons (Fsp3) is 0.235. The summed E-state index contributed by atoms with van der Waals surface area (Å²) in [6.45, 7) is 1.95. The number of amides is 1. The Hall–Kier alpha value is -2.05. The van der Waals surface area contributed by atoms with Gasteiger partial charge >= 0.3 is 0 Å². The van der Waals surface area contributed by atoms with Crippen LogP contribution < -0.4 is 0 Å². The monoisotopic (exact) mass is 373 g/mol. The summed E-state index contributed by atoms with van der Waals surface area (Å²) in [5.41, 5.74) is 0.306. The Morgan fingerprint density at radius 2 is 2.09 bits per heavy atom. The number of benzene rings is 1. The lowest BCUT2D eigenvalue weighted by atomic mass is 9.97. The van der Waals surface area contributed by atoms with Gasteiger partial charge in [-0.2, -0.15) is 10.1 Å². The second-order valence-electron chi connectivity index (χ2n) is 5.38. The number of hydrogen-bond acceptors (Lipinski definition) is 4. The summed E-state index contributed by atoms with van der Waals surface area (Å²) in [5, 5.41) is 16.7. The van der Waals surface area contributed by atoms with Gasteiger partial charge in [0.05, 0.1) is 0 Å². The third kappa shape index (κ3) is 2.92. The van der Waals surface area contributed by atoms with Gasteiger partial charge in [-0.3, -0.25) is 9.78 Å². The van der Waals surface area contributed by atoms with E-state index in [1.54, 1.807) is 48.8 Å². The molecule has 1 N–H and O–H groups in total. The molecule has 1 aliphatic heterocycles. The van der Waals surface area contributed by atoms with Gasteiger partial charge in [0.15, 0.2) is 5.72 Å². The van der Waals surface area contributed by atoms with E-state index in [0.717, 1.165) is 10.2 Å². The number of hydrazone groups is 1. The highest BCUT2D eigenvalue weighted by atomic mass is 79.9. The molecule has 1 atom stereocenters. The minimum Gasteiger partial charge on any atom is -0.365 e. The van der Waals surface area contributed by atoms with Gasteiger partial charge in [0, 0.05) is 40.1 Å². The van der Waals surface area contributed by atoms with E-state index in [1.165, 1.54) is 5.01 Å². The van der Waals surface area contributed by atoms with Crippen molar-refractivity contribution in [1.29, 1.82) is 0 Å². The minimum absolute atomic E-state index is 0.289. The van der Waals surface area contributed by atoms with Crippen LogP contribution in [0.25, 0.3) is 0 Å². The maximum Gasteiger partial charge on any atom is 0.276 e. The first-order valence-corrected chi connectivity index (χ1v) is 8.13. The van der Waals surface area contributed by atoms with E-state index in [-0.39, 0.29) is 12.3 Å². The highest BCUT2D eigenvalue weighted by Crippen LogP contribution is 2.36. The van der Waals surface area contributed by atoms with Crippen LogP contribution >= 0.6 is 15.9 Å². The van der Waals surface area contributed by atoms with Gasteiger partial charge in [0.25, 0.3) is 5.91 Å². The number of carbonyl (C=O) groups excluding carboxylic acids is 1. The molecule has 0 radical (unpaired) electrons. The number of rotatable bonds is 3. The third-order valence-electron chi connectivity index (χ3n) is 3.86. The van der Waals surface area contributed by atoms with Gasteiger partial charge in [0.1, 0.15) is 0 Å². The number of nitrogens with zero attached hydrogens (tertiary/aromatic N) is 3. The second-order valence-corrected chi connectivity index (χ2v) is 6.29. The summed E-state index contributed by atoms with van der Waals surface area (Å²) in [6.07, 6.45) is 4.16. The SMILES string of the molecule is CCC1=NN(C(=O)c2ccc(Br)cc2)[C@@](O)(c2cccnc2)C1. The van der Waals surface area contributed by atoms with Gasteiger partial charge in [-0.15, -0.1) is 0 Å². The van der Waals surface area contributed by atoms with Crippen LogP contribution in [0, 0.1) is 0 Å². The molecule has 0 unspecified atom stereocenters. The Bertz CT molecular complexity index is 746. The maximum absolute atomic E-state index is 12.8. The van der Waals surface area contributed by atoms with Crippen molar-refractivity contribution in [2.24, 2.45) is 5.10 Å². The van der Waals surface area contributed by atoms with Gasteiger partial charge in [-0.05, 0) is 36.8 Å². The summed E-state index contributed by atoms with van der Waals surface area (Å²) < 4.78 is 0.885. The van der Waals surface area contributed by atoms with E-state index >= 15 is 0 Å². The fourth-order valence-electron chi connectivity index (χ4n) is 2.57. The first-order valence-electron chi connectivity index (χ1n) is 7.34. The Balaban J connectivity index is 2.01. The van der Waals surface area contributed by atoms with E-state index in [0.29, 0.717) is 17.5 Å². The number of carbonyl (C=O) groups is 1. The summed E-state index contributed by atoms with van der Waals surface area (Å²) >= 11 is 3.35. The lowest BCUT2D eigenvalue weighted by Gasteiger charge is -2.31. The van der Waals surface area contributed by atoms with Crippen LogP contribution in [0.3, 0.4) is 0 Å². The summed E-state index contributed by atoms with van der Waals surface area (Å²) in [5.74, 6) is -0.340. The lowest BCUT2D eigenvalue weighted by molar-refractivity contribution is -0.0767. The molecule has 3 rings (SSSR count). The number of hydrogen-bond donors (Lipinski definition) is 1.